The van der Waals surface area contributed by atoms with Gasteiger partial charge < -0.3 is 15.4 Å². The van der Waals surface area contributed by atoms with Gasteiger partial charge in [0, 0.05) is 12.2 Å². The average Bonchev–Trinajstić information content (AvgIpc) is 2.72. The topological polar surface area (TPSA) is 91.5 Å². The molecule has 2 N–H and O–H groups in total. The molecular formula is C20H20ClF2N6O2+. The van der Waals surface area contributed by atoms with Crippen molar-refractivity contribution in [2.75, 3.05) is 30.3 Å². The average molecular weight is 450 g/mol. The molecule has 0 bridgehead atoms. The van der Waals surface area contributed by atoms with Gasteiger partial charge >= 0.3 is 6.61 Å². The van der Waals surface area contributed by atoms with Gasteiger partial charge in [0.25, 0.3) is 5.95 Å². The van der Waals surface area contributed by atoms with Crippen molar-refractivity contribution in [2.45, 2.75) is 13.2 Å². The van der Waals surface area contributed by atoms with Crippen LogP contribution < -0.4 is 10.6 Å². The largest absolute Gasteiger partial charge is 0.365 e. The molecule has 1 amide bonds. The lowest BCUT2D eigenvalue weighted by Crippen LogP contribution is -2.38. The van der Waals surface area contributed by atoms with Gasteiger partial charge in [-0.3, -0.25) is 4.79 Å². The lowest BCUT2D eigenvalue weighted by atomic mass is 10.2. The molecule has 1 aromatic carbocycles. The summed E-state index contributed by atoms with van der Waals surface area (Å²) in [4.78, 5) is 24.2. The van der Waals surface area contributed by atoms with E-state index in [1.54, 1.807) is 16.9 Å². The highest BCUT2D eigenvalue weighted by molar-refractivity contribution is 6.33. The van der Waals surface area contributed by atoms with E-state index < -0.39 is 6.61 Å². The number of ether oxygens (including phenoxy) is 1. The molecule has 1 aliphatic heterocycles. The van der Waals surface area contributed by atoms with Gasteiger partial charge in [0.1, 0.15) is 11.6 Å². The monoisotopic (exact) mass is 449 g/mol. The minimum Gasteiger partial charge on any atom is -0.365 e. The van der Waals surface area contributed by atoms with Crippen LogP contribution in [0.1, 0.15) is 5.56 Å². The van der Waals surface area contributed by atoms with Crippen molar-refractivity contribution in [2.24, 2.45) is 4.99 Å². The molecule has 8 nitrogen and oxygen atoms in total. The maximum atomic E-state index is 12.0. The molecule has 0 atom stereocenters. The van der Waals surface area contributed by atoms with E-state index >= 15 is 0 Å². The molecule has 0 spiro atoms. The number of alkyl halides is 2. The summed E-state index contributed by atoms with van der Waals surface area (Å²) in [5.74, 6) is 0.354. The summed E-state index contributed by atoms with van der Waals surface area (Å²) >= 11 is 6.18. The van der Waals surface area contributed by atoms with Gasteiger partial charge in [-0.25, -0.2) is 14.6 Å². The molecular weight excluding hydrogens is 430 g/mol. The summed E-state index contributed by atoms with van der Waals surface area (Å²) in [5.41, 5.74) is 2.27. The second-order valence-electron chi connectivity index (χ2n) is 6.45. The first-order chi connectivity index (χ1) is 14.9. The number of halogens is 3. The predicted octanol–water partition coefficient (Wildman–Crippen LogP) is 3.28. The SMILES string of the molecule is C=CC(=O)Nc1cccc(CNc2nc(N=C3C=[N+](CCOC(F)F)C3)ncc2Cl)c1. The minimum absolute atomic E-state index is 0.0641. The van der Waals surface area contributed by atoms with Gasteiger partial charge in [-0.15, -0.1) is 0 Å². The zero-order valence-electron chi connectivity index (χ0n) is 16.4. The van der Waals surface area contributed by atoms with Gasteiger partial charge in [-0.2, -0.15) is 13.8 Å². The van der Waals surface area contributed by atoms with E-state index in [1.165, 1.54) is 12.3 Å². The Hall–Kier alpha value is -3.24. The number of aliphatic imine (C=N–C) groups is 1. The Labute approximate surface area is 182 Å². The van der Waals surface area contributed by atoms with Crippen LogP contribution in [0.4, 0.5) is 26.2 Å². The molecule has 0 saturated heterocycles. The second kappa shape index (κ2) is 10.7. The number of hydrogen-bond acceptors (Lipinski definition) is 6. The number of nitrogens with zero attached hydrogens (tertiary/aromatic N) is 4. The molecule has 11 heteroatoms. The molecule has 3 rings (SSSR count). The van der Waals surface area contributed by atoms with Gasteiger partial charge in [0.2, 0.25) is 5.91 Å². The first-order valence-corrected chi connectivity index (χ1v) is 9.66. The first kappa shape index (κ1) is 22.4. The summed E-state index contributed by atoms with van der Waals surface area (Å²) in [6.45, 7) is 1.85. The van der Waals surface area contributed by atoms with E-state index in [4.69, 9.17) is 11.6 Å². The van der Waals surface area contributed by atoms with Crippen LogP contribution >= 0.6 is 11.6 Å². The number of anilines is 2. The van der Waals surface area contributed by atoms with Crippen LogP contribution in [0.25, 0.3) is 0 Å². The Bertz CT molecular complexity index is 1030. The molecule has 0 fully saturated rings. The van der Waals surface area contributed by atoms with Crippen LogP contribution in [0.3, 0.4) is 0 Å². The molecule has 31 heavy (non-hydrogen) atoms. The second-order valence-corrected chi connectivity index (χ2v) is 6.86. The van der Waals surface area contributed by atoms with Crippen molar-refractivity contribution in [3.63, 3.8) is 0 Å². The third kappa shape index (κ3) is 6.90. The third-order valence-corrected chi connectivity index (χ3v) is 4.41. The van der Waals surface area contributed by atoms with Crippen molar-refractivity contribution >= 4 is 46.9 Å². The molecule has 1 aromatic heterocycles. The van der Waals surface area contributed by atoms with Crippen molar-refractivity contribution in [3.8, 4) is 0 Å². The Morgan fingerprint density at radius 1 is 1.45 bits per heavy atom. The normalized spacial score (nSPS) is 14.2. The van der Waals surface area contributed by atoms with E-state index in [0.717, 1.165) is 11.3 Å². The quantitative estimate of drug-likeness (QED) is 0.429. The minimum atomic E-state index is -2.77. The van der Waals surface area contributed by atoms with Gasteiger partial charge in [-0.1, -0.05) is 30.3 Å². The van der Waals surface area contributed by atoms with Crippen molar-refractivity contribution in [3.05, 3.63) is 53.7 Å². The fraction of sp³-hybridized carbons (Fsp3) is 0.250. The molecule has 0 saturated carbocycles. The highest BCUT2D eigenvalue weighted by atomic mass is 35.5. The predicted molar refractivity (Wildman–Crippen MR) is 115 cm³/mol. The zero-order chi connectivity index (χ0) is 22.2. The van der Waals surface area contributed by atoms with Gasteiger partial charge in [0.05, 0.1) is 6.20 Å². The van der Waals surface area contributed by atoms with Crippen LogP contribution in [-0.2, 0) is 16.1 Å². The maximum absolute atomic E-state index is 12.0. The lowest BCUT2D eigenvalue weighted by Gasteiger charge is -2.12. The number of nitrogens with one attached hydrogen (secondary N) is 2. The number of carbonyl (C=O) groups is 1. The summed E-state index contributed by atoms with van der Waals surface area (Å²) in [5, 5.41) is 6.16. The molecule has 2 aromatic rings. The lowest BCUT2D eigenvalue weighted by molar-refractivity contribution is -0.523. The molecule has 162 valence electrons. The van der Waals surface area contributed by atoms with E-state index in [9.17, 15) is 13.6 Å². The van der Waals surface area contributed by atoms with Crippen LogP contribution in [0.2, 0.25) is 5.02 Å². The summed E-state index contributed by atoms with van der Waals surface area (Å²) in [6.07, 6.45) is 4.37. The number of aromatic nitrogens is 2. The molecule has 0 unspecified atom stereocenters. The third-order valence-electron chi connectivity index (χ3n) is 4.13. The van der Waals surface area contributed by atoms with Crippen molar-refractivity contribution in [1.82, 2.24) is 9.97 Å². The molecule has 2 heterocycles. The number of amides is 1. The smallest absolute Gasteiger partial charge is 0.345 e. The highest BCUT2D eigenvalue weighted by Gasteiger charge is 2.22. The van der Waals surface area contributed by atoms with Crippen molar-refractivity contribution in [1.29, 1.82) is 0 Å². The van der Waals surface area contributed by atoms with E-state index in [-0.39, 0.29) is 18.5 Å². The van der Waals surface area contributed by atoms with Crippen LogP contribution in [0.15, 0.2) is 48.1 Å². The fourth-order valence-corrected chi connectivity index (χ4v) is 2.82. The van der Waals surface area contributed by atoms with Crippen molar-refractivity contribution < 1.29 is 22.9 Å². The van der Waals surface area contributed by atoms with E-state index in [2.05, 4.69) is 36.9 Å². The van der Waals surface area contributed by atoms with Gasteiger partial charge in [-0.05, 0) is 23.8 Å². The fourth-order valence-electron chi connectivity index (χ4n) is 2.66. The molecule has 0 radical (unpaired) electrons. The van der Waals surface area contributed by atoms with Crippen LogP contribution in [-0.4, -0.2) is 58.7 Å². The Morgan fingerprint density at radius 2 is 2.26 bits per heavy atom. The highest BCUT2D eigenvalue weighted by Crippen LogP contribution is 2.22. The van der Waals surface area contributed by atoms with E-state index in [1.807, 2.05) is 18.2 Å². The molecule has 0 aliphatic carbocycles. The zero-order valence-corrected chi connectivity index (χ0v) is 17.1. The van der Waals surface area contributed by atoms with E-state index in [0.29, 0.717) is 36.2 Å². The van der Waals surface area contributed by atoms with Crippen LogP contribution in [0, 0.1) is 0 Å². The standard InChI is InChI=1S/C20H19ClF2N6O2/c1-2-17(30)26-14-5-3-4-13(8-14)9-24-18-16(21)10-25-20(28-18)27-15-11-29(12-15)6-7-31-19(22)23/h2-5,8,10-11,19H,1,6-7,9,12H2,(H-,24,25,26,28,30)/p+1. The van der Waals surface area contributed by atoms with Gasteiger partial charge in [0.15, 0.2) is 30.8 Å². The Balaban J connectivity index is 1.60. The molecule has 1 aliphatic rings. The first-order valence-electron chi connectivity index (χ1n) is 9.28. The number of carbonyl (C=O) groups excluding carboxylic acids is 1. The number of rotatable bonds is 10. The Morgan fingerprint density at radius 3 is 3.00 bits per heavy atom. The Kier molecular flexibility index (Phi) is 7.74. The van der Waals surface area contributed by atoms with Crippen LogP contribution in [0.5, 0.6) is 0 Å². The summed E-state index contributed by atoms with van der Waals surface area (Å²) in [7, 11) is 0. The number of benzene rings is 1. The maximum Gasteiger partial charge on any atom is 0.345 e. The summed E-state index contributed by atoms with van der Waals surface area (Å²) < 4.78 is 30.0. The summed E-state index contributed by atoms with van der Waals surface area (Å²) in [6, 6.07) is 7.30. The number of hydrogen-bond donors (Lipinski definition) is 2.